The molecule has 1 aromatic carbocycles. The molecule has 0 saturated carbocycles. The van der Waals surface area contributed by atoms with Crippen LogP contribution >= 0.6 is 0 Å². The topological polar surface area (TPSA) is 47.7 Å². The highest BCUT2D eigenvalue weighted by atomic mass is 16.5. The minimum atomic E-state index is 0.386. The molecule has 20 heavy (non-hydrogen) atoms. The zero-order valence-electron chi connectivity index (χ0n) is 12.5. The highest BCUT2D eigenvalue weighted by molar-refractivity contribution is 5.27. The fourth-order valence-electron chi connectivity index (χ4n) is 2.94. The standard InChI is InChI=1S/C16H26N2O2/c1-18(11-13-5-7-15(19-2)8-6-13)16(10-17)14-4-3-9-20-12-14/h5-8,14,16H,3-4,9-12,17H2,1-2H3. The molecule has 1 heterocycles. The number of nitrogens with two attached hydrogens (primary N) is 1. The summed E-state index contributed by atoms with van der Waals surface area (Å²) < 4.78 is 10.8. The third-order valence-electron chi connectivity index (χ3n) is 4.14. The van der Waals surface area contributed by atoms with Crippen LogP contribution in [0.4, 0.5) is 0 Å². The number of benzene rings is 1. The highest BCUT2D eigenvalue weighted by Crippen LogP contribution is 2.22. The zero-order chi connectivity index (χ0) is 14.4. The summed E-state index contributed by atoms with van der Waals surface area (Å²) in [6.07, 6.45) is 2.37. The Hall–Kier alpha value is -1.10. The summed E-state index contributed by atoms with van der Waals surface area (Å²) in [7, 11) is 3.84. The average molecular weight is 278 g/mol. The van der Waals surface area contributed by atoms with Crippen molar-refractivity contribution in [3.05, 3.63) is 29.8 Å². The van der Waals surface area contributed by atoms with Gasteiger partial charge in [0.15, 0.2) is 0 Å². The van der Waals surface area contributed by atoms with Crippen LogP contribution in [-0.2, 0) is 11.3 Å². The molecule has 2 unspecified atom stereocenters. The quantitative estimate of drug-likeness (QED) is 0.863. The van der Waals surface area contributed by atoms with Crippen molar-refractivity contribution in [1.29, 1.82) is 0 Å². The molecule has 2 atom stereocenters. The first-order valence-corrected chi connectivity index (χ1v) is 7.35. The van der Waals surface area contributed by atoms with Crippen molar-refractivity contribution in [1.82, 2.24) is 4.90 Å². The lowest BCUT2D eigenvalue weighted by Gasteiger charge is -2.36. The van der Waals surface area contributed by atoms with Gasteiger partial charge >= 0.3 is 0 Å². The molecule has 0 bridgehead atoms. The zero-order valence-corrected chi connectivity index (χ0v) is 12.5. The summed E-state index contributed by atoms with van der Waals surface area (Å²) in [5.74, 6) is 1.45. The van der Waals surface area contributed by atoms with Crippen LogP contribution in [0.2, 0.25) is 0 Å². The van der Waals surface area contributed by atoms with Gasteiger partial charge in [-0.15, -0.1) is 0 Å². The van der Waals surface area contributed by atoms with Gasteiger partial charge in [-0.05, 0) is 43.5 Å². The maximum Gasteiger partial charge on any atom is 0.118 e. The SMILES string of the molecule is COc1ccc(CN(C)C(CN)C2CCCOC2)cc1. The predicted octanol–water partition coefficient (Wildman–Crippen LogP) is 1.88. The lowest BCUT2D eigenvalue weighted by Crippen LogP contribution is -2.45. The average Bonchev–Trinajstić information content (AvgIpc) is 2.50. The molecule has 0 spiro atoms. The number of hydrogen-bond acceptors (Lipinski definition) is 4. The Bertz CT molecular complexity index is 388. The number of hydrogen-bond donors (Lipinski definition) is 1. The van der Waals surface area contributed by atoms with Gasteiger partial charge in [-0.25, -0.2) is 0 Å². The number of likely N-dealkylation sites (N-methyl/N-ethyl adjacent to an activating group) is 1. The molecule has 1 saturated heterocycles. The van der Waals surface area contributed by atoms with Gasteiger partial charge in [0.2, 0.25) is 0 Å². The monoisotopic (exact) mass is 278 g/mol. The van der Waals surface area contributed by atoms with E-state index in [-0.39, 0.29) is 0 Å². The maximum absolute atomic E-state index is 5.99. The Morgan fingerprint density at radius 2 is 2.15 bits per heavy atom. The lowest BCUT2D eigenvalue weighted by atomic mass is 9.92. The van der Waals surface area contributed by atoms with Crippen molar-refractivity contribution in [2.75, 3.05) is 33.9 Å². The van der Waals surface area contributed by atoms with Crippen LogP contribution in [0.5, 0.6) is 5.75 Å². The van der Waals surface area contributed by atoms with Gasteiger partial charge in [0.25, 0.3) is 0 Å². The Morgan fingerprint density at radius 1 is 1.40 bits per heavy atom. The summed E-state index contributed by atoms with van der Waals surface area (Å²) in [6.45, 7) is 3.33. The molecule has 2 N–H and O–H groups in total. The molecule has 4 nitrogen and oxygen atoms in total. The largest absolute Gasteiger partial charge is 0.497 e. The summed E-state index contributed by atoms with van der Waals surface area (Å²) in [4.78, 5) is 2.35. The Labute approximate surface area is 121 Å². The molecule has 0 amide bonds. The van der Waals surface area contributed by atoms with Gasteiger partial charge < -0.3 is 15.2 Å². The molecule has 0 aromatic heterocycles. The number of methoxy groups -OCH3 is 1. The predicted molar refractivity (Wildman–Crippen MR) is 80.8 cm³/mol. The van der Waals surface area contributed by atoms with E-state index in [9.17, 15) is 0 Å². The molecule has 1 aliphatic rings. The Kier molecular flexibility index (Phi) is 5.83. The molecule has 1 aromatic rings. The van der Waals surface area contributed by atoms with Crippen LogP contribution in [0.15, 0.2) is 24.3 Å². The third kappa shape index (κ3) is 3.95. The van der Waals surface area contributed by atoms with Gasteiger partial charge in [0.05, 0.1) is 13.7 Å². The molecule has 0 radical (unpaired) electrons. The molecule has 112 valence electrons. The normalized spacial score (nSPS) is 20.9. The first-order valence-electron chi connectivity index (χ1n) is 7.35. The van der Waals surface area contributed by atoms with Crippen LogP contribution in [0, 0.1) is 5.92 Å². The van der Waals surface area contributed by atoms with E-state index < -0.39 is 0 Å². The minimum Gasteiger partial charge on any atom is -0.497 e. The third-order valence-corrected chi connectivity index (χ3v) is 4.14. The second kappa shape index (κ2) is 7.62. The van der Waals surface area contributed by atoms with Crippen LogP contribution in [0.3, 0.4) is 0 Å². The molecule has 4 heteroatoms. The van der Waals surface area contributed by atoms with E-state index in [1.54, 1.807) is 7.11 Å². The fraction of sp³-hybridized carbons (Fsp3) is 0.625. The second-order valence-electron chi connectivity index (χ2n) is 5.54. The van der Waals surface area contributed by atoms with Crippen molar-refractivity contribution in [2.24, 2.45) is 11.7 Å². The van der Waals surface area contributed by atoms with Crippen LogP contribution in [0.25, 0.3) is 0 Å². The van der Waals surface area contributed by atoms with Gasteiger partial charge in [-0.3, -0.25) is 4.90 Å². The Morgan fingerprint density at radius 3 is 2.70 bits per heavy atom. The summed E-state index contributed by atoms with van der Waals surface area (Å²) in [5.41, 5.74) is 7.27. The number of rotatable bonds is 6. The molecule has 1 fully saturated rings. The first-order chi connectivity index (χ1) is 9.74. The lowest BCUT2D eigenvalue weighted by molar-refractivity contribution is 0.0156. The van der Waals surface area contributed by atoms with E-state index in [0.29, 0.717) is 18.5 Å². The maximum atomic E-state index is 5.99. The van der Waals surface area contributed by atoms with Crippen molar-refractivity contribution >= 4 is 0 Å². The van der Waals surface area contributed by atoms with E-state index in [4.69, 9.17) is 15.2 Å². The molecule has 1 aliphatic heterocycles. The van der Waals surface area contributed by atoms with E-state index >= 15 is 0 Å². The van der Waals surface area contributed by atoms with Crippen molar-refractivity contribution in [3.8, 4) is 5.75 Å². The summed E-state index contributed by atoms with van der Waals surface area (Å²) in [6, 6.07) is 8.62. The second-order valence-corrected chi connectivity index (χ2v) is 5.54. The first kappa shape index (κ1) is 15.3. The van der Waals surface area contributed by atoms with Crippen molar-refractivity contribution < 1.29 is 9.47 Å². The van der Waals surface area contributed by atoms with Crippen molar-refractivity contribution in [2.45, 2.75) is 25.4 Å². The number of nitrogens with zero attached hydrogens (tertiary/aromatic N) is 1. The Balaban J connectivity index is 1.95. The van der Waals surface area contributed by atoms with Gasteiger partial charge in [0, 0.05) is 25.7 Å². The fourth-order valence-corrected chi connectivity index (χ4v) is 2.94. The summed E-state index contributed by atoms with van der Waals surface area (Å²) in [5, 5.41) is 0. The number of ether oxygens (including phenoxy) is 2. The van der Waals surface area contributed by atoms with E-state index in [1.165, 1.54) is 12.0 Å². The van der Waals surface area contributed by atoms with Gasteiger partial charge in [0.1, 0.15) is 5.75 Å². The van der Waals surface area contributed by atoms with Gasteiger partial charge in [-0.1, -0.05) is 12.1 Å². The molecular formula is C16H26N2O2. The van der Waals surface area contributed by atoms with E-state index in [0.717, 1.165) is 31.9 Å². The van der Waals surface area contributed by atoms with Crippen LogP contribution < -0.4 is 10.5 Å². The minimum absolute atomic E-state index is 0.386. The van der Waals surface area contributed by atoms with Crippen LogP contribution in [-0.4, -0.2) is 44.9 Å². The van der Waals surface area contributed by atoms with Crippen molar-refractivity contribution in [3.63, 3.8) is 0 Å². The molecule has 2 rings (SSSR count). The molecule has 0 aliphatic carbocycles. The van der Waals surface area contributed by atoms with E-state index in [1.807, 2.05) is 12.1 Å². The highest BCUT2D eigenvalue weighted by Gasteiger charge is 2.26. The van der Waals surface area contributed by atoms with Crippen LogP contribution in [0.1, 0.15) is 18.4 Å². The summed E-state index contributed by atoms with van der Waals surface area (Å²) >= 11 is 0. The van der Waals surface area contributed by atoms with Gasteiger partial charge in [-0.2, -0.15) is 0 Å². The smallest absolute Gasteiger partial charge is 0.118 e. The van der Waals surface area contributed by atoms with E-state index in [2.05, 4.69) is 24.1 Å². The molecular weight excluding hydrogens is 252 g/mol.